The lowest BCUT2D eigenvalue weighted by Crippen LogP contribution is -2.21. The minimum atomic E-state index is -0.560. The van der Waals surface area contributed by atoms with E-state index in [4.69, 9.17) is 23.2 Å². The second-order valence-corrected chi connectivity index (χ2v) is 6.43. The summed E-state index contributed by atoms with van der Waals surface area (Å²) in [4.78, 5) is 24.1. The summed E-state index contributed by atoms with van der Waals surface area (Å²) >= 11 is 11.7. The van der Waals surface area contributed by atoms with Gasteiger partial charge in [-0.15, -0.1) is 0 Å². The number of aromatic hydroxyl groups is 1. The Balaban J connectivity index is 1.94. The lowest BCUT2D eigenvalue weighted by Gasteiger charge is -2.07. The fourth-order valence-corrected chi connectivity index (χ4v) is 2.40. The second kappa shape index (κ2) is 8.69. The number of phenols is 1. The number of nitrogens with zero attached hydrogens (tertiary/aromatic N) is 1. The SMILES string of the molecule is C/C(CC(=O)Nc1ccc(Cl)c(Cl)c1)=N\NC(=O)c1cccc(C)c1O. The molecule has 2 aromatic rings. The summed E-state index contributed by atoms with van der Waals surface area (Å²) in [6.45, 7) is 3.29. The summed E-state index contributed by atoms with van der Waals surface area (Å²) in [7, 11) is 0. The first kappa shape index (κ1) is 19.8. The number of anilines is 1. The molecule has 0 radical (unpaired) electrons. The van der Waals surface area contributed by atoms with Gasteiger partial charge in [0, 0.05) is 11.4 Å². The highest BCUT2D eigenvalue weighted by molar-refractivity contribution is 6.42. The van der Waals surface area contributed by atoms with E-state index in [9.17, 15) is 14.7 Å². The molecule has 2 amide bonds. The van der Waals surface area contributed by atoms with Crippen molar-refractivity contribution in [2.24, 2.45) is 5.10 Å². The number of carbonyl (C=O) groups is 2. The molecule has 6 nitrogen and oxygen atoms in total. The van der Waals surface area contributed by atoms with Gasteiger partial charge in [-0.25, -0.2) is 5.43 Å². The van der Waals surface area contributed by atoms with Crippen molar-refractivity contribution in [1.29, 1.82) is 0 Å². The van der Waals surface area contributed by atoms with Crippen molar-refractivity contribution in [3.63, 3.8) is 0 Å². The van der Waals surface area contributed by atoms with E-state index >= 15 is 0 Å². The number of hydrogen-bond acceptors (Lipinski definition) is 4. The maximum Gasteiger partial charge on any atom is 0.275 e. The third-order valence-corrected chi connectivity index (χ3v) is 4.19. The average Bonchev–Trinajstić information content (AvgIpc) is 2.58. The van der Waals surface area contributed by atoms with E-state index in [0.29, 0.717) is 27.0 Å². The quantitative estimate of drug-likeness (QED) is 0.526. The lowest BCUT2D eigenvalue weighted by atomic mass is 10.1. The molecule has 8 heteroatoms. The number of hydrogen-bond donors (Lipinski definition) is 3. The standard InChI is InChI=1S/C18H17Cl2N3O3/c1-10-4-3-5-13(17(10)25)18(26)23-22-11(2)8-16(24)21-12-6-7-14(19)15(20)9-12/h3-7,9,25H,8H2,1-2H3,(H,21,24)(H,23,26)/b22-11+. The van der Waals surface area contributed by atoms with Crippen LogP contribution in [0.4, 0.5) is 5.69 Å². The Bertz CT molecular complexity index is 882. The normalized spacial score (nSPS) is 11.2. The number of benzene rings is 2. The second-order valence-electron chi connectivity index (χ2n) is 5.61. The number of para-hydroxylation sites is 1. The fraction of sp³-hybridized carbons (Fsp3) is 0.167. The van der Waals surface area contributed by atoms with Crippen LogP contribution in [0.25, 0.3) is 0 Å². The molecule has 0 aromatic heterocycles. The van der Waals surface area contributed by atoms with Gasteiger partial charge in [0.15, 0.2) is 0 Å². The Hall–Kier alpha value is -2.57. The molecule has 2 aromatic carbocycles. The van der Waals surface area contributed by atoms with E-state index in [0.717, 1.165) is 0 Å². The Morgan fingerprint density at radius 2 is 1.88 bits per heavy atom. The molecule has 0 aliphatic rings. The third kappa shape index (κ3) is 5.21. The van der Waals surface area contributed by atoms with Crippen LogP contribution in [0.5, 0.6) is 5.75 Å². The maximum atomic E-state index is 12.1. The first-order valence-electron chi connectivity index (χ1n) is 7.65. The number of halogens is 2. The molecule has 0 heterocycles. The Morgan fingerprint density at radius 1 is 1.15 bits per heavy atom. The molecule has 0 spiro atoms. The number of amides is 2. The van der Waals surface area contributed by atoms with Crippen molar-refractivity contribution < 1.29 is 14.7 Å². The van der Waals surface area contributed by atoms with Crippen LogP contribution in [0.3, 0.4) is 0 Å². The molecule has 0 aliphatic heterocycles. The van der Waals surface area contributed by atoms with Crippen molar-refractivity contribution in [2.45, 2.75) is 20.3 Å². The highest BCUT2D eigenvalue weighted by atomic mass is 35.5. The summed E-state index contributed by atoms with van der Waals surface area (Å²) in [5, 5.41) is 17.2. The highest BCUT2D eigenvalue weighted by Gasteiger charge is 2.12. The van der Waals surface area contributed by atoms with Crippen molar-refractivity contribution in [3.8, 4) is 5.75 Å². The van der Waals surface area contributed by atoms with E-state index in [1.165, 1.54) is 12.1 Å². The van der Waals surface area contributed by atoms with E-state index in [1.807, 2.05) is 0 Å². The molecule has 0 atom stereocenters. The van der Waals surface area contributed by atoms with E-state index in [2.05, 4.69) is 15.8 Å². The van der Waals surface area contributed by atoms with Crippen LogP contribution < -0.4 is 10.7 Å². The van der Waals surface area contributed by atoms with Gasteiger partial charge in [0.25, 0.3) is 5.91 Å². The Morgan fingerprint density at radius 3 is 2.58 bits per heavy atom. The topological polar surface area (TPSA) is 90.8 Å². The zero-order valence-corrected chi connectivity index (χ0v) is 15.6. The van der Waals surface area contributed by atoms with Crippen LogP contribution in [0.15, 0.2) is 41.5 Å². The third-order valence-electron chi connectivity index (χ3n) is 3.45. The van der Waals surface area contributed by atoms with Crippen molar-refractivity contribution in [3.05, 3.63) is 57.6 Å². The van der Waals surface area contributed by atoms with Crippen LogP contribution in [0.1, 0.15) is 29.3 Å². The minimum absolute atomic E-state index is 0.0275. The number of phenolic OH excluding ortho intramolecular Hbond substituents is 1. The van der Waals surface area contributed by atoms with Gasteiger partial charge in [-0.05, 0) is 43.7 Å². The zero-order valence-electron chi connectivity index (χ0n) is 14.1. The summed E-state index contributed by atoms with van der Waals surface area (Å²) in [5.74, 6) is -0.983. The zero-order chi connectivity index (χ0) is 19.3. The number of aryl methyl sites for hydroxylation is 1. The van der Waals surface area contributed by atoms with Crippen molar-refractivity contribution in [1.82, 2.24) is 5.43 Å². The smallest absolute Gasteiger partial charge is 0.275 e. The number of nitrogens with one attached hydrogen (secondary N) is 2. The predicted molar refractivity (Wildman–Crippen MR) is 103 cm³/mol. The fourth-order valence-electron chi connectivity index (χ4n) is 2.10. The molecular weight excluding hydrogens is 377 g/mol. The molecule has 0 saturated carbocycles. The highest BCUT2D eigenvalue weighted by Crippen LogP contribution is 2.25. The molecule has 3 N–H and O–H groups in total. The van der Waals surface area contributed by atoms with Gasteiger partial charge in [-0.2, -0.15) is 5.10 Å². The molecule has 0 fully saturated rings. The lowest BCUT2D eigenvalue weighted by molar-refractivity contribution is -0.115. The summed E-state index contributed by atoms with van der Waals surface area (Å²) in [5.41, 5.74) is 3.92. The molecule has 2 rings (SSSR count). The van der Waals surface area contributed by atoms with Crippen LogP contribution >= 0.6 is 23.2 Å². The van der Waals surface area contributed by atoms with Gasteiger partial charge in [0.2, 0.25) is 5.91 Å². The van der Waals surface area contributed by atoms with Gasteiger partial charge in [-0.1, -0.05) is 35.3 Å². The molecule has 26 heavy (non-hydrogen) atoms. The van der Waals surface area contributed by atoms with E-state index < -0.39 is 5.91 Å². The van der Waals surface area contributed by atoms with E-state index in [1.54, 1.807) is 38.1 Å². The van der Waals surface area contributed by atoms with Gasteiger partial charge < -0.3 is 10.4 Å². The minimum Gasteiger partial charge on any atom is -0.507 e. The number of carbonyl (C=O) groups excluding carboxylic acids is 2. The van der Waals surface area contributed by atoms with Crippen LogP contribution in [-0.4, -0.2) is 22.6 Å². The molecule has 0 bridgehead atoms. The number of hydrazone groups is 1. The van der Waals surface area contributed by atoms with Gasteiger partial charge >= 0.3 is 0 Å². The average molecular weight is 394 g/mol. The summed E-state index contributed by atoms with van der Waals surface area (Å²) in [6.07, 6.45) is -0.0275. The van der Waals surface area contributed by atoms with Crippen LogP contribution in [0, 0.1) is 6.92 Å². The Kier molecular flexibility index (Phi) is 6.60. The maximum absolute atomic E-state index is 12.1. The molecular formula is C18H17Cl2N3O3. The van der Waals surface area contributed by atoms with E-state index in [-0.39, 0.29) is 23.6 Å². The van der Waals surface area contributed by atoms with Crippen molar-refractivity contribution in [2.75, 3.05) is 5.32 Å². The summed E-state index contributed by atoms with van der Waals surface area (Å²) in [6, 6.07) is 9.57. The Labute approximate surface area is 160 Å². The largest absolute Gasteiger partial charge is 0.507 e. The van der Waals surface area contributed by atoms with Gasteiger partial charge in [-0.3, -0.25) is 9.59 Å². The summed E-state index contributed by atoms with van der Waals surface area (Å²) < 4.78 is 0. The molecule has 0 unspecified atom stereocenters. The monoisotopic (exact) mass is 393 g/mol. The molecule has 0 aliphatic carbocycles. The van der Waals surface area contributed by atoms with Gasteiger partial charge in [0.05, 0.1) is 22.0 Å². The van der Waals surface area contributed by atoms with Crippen LogP contribution in [-0.2, 0) is 4.79 Å². The first-order valence-corrected chi connectivity index (χ1v) is 8.40. The number of rotatable bonds is 5. The molecule has 0 saturated heterocycles. The van der Waals surface area contributed by atoms with Crippen LogP contribution in [0.2, 0.25) is 10.0 Å². The van der Waals surface area contributed by atoms with Gasteiger partial charge in [0.1, 0.15) is 5.75 Å². The molecule has 136 valence electrons. The first-order chi connectivity index (χ1) is 12.3. The predicted octanol–water partition coefficient (Wildman–Crippen LogP) is 4.14. The van der Waals surface area contributed by atoms with Crippen molar-refractivity contribution >= 4 is 46.4 Å².